The van der Waals surface area contributed by atoms with Crippen molar-refractivity contribution in [1.29, 1.82) is 0 Å². The van der Waals surface area contributed by atoms with Gasteiger partial charge in [-0.05, 0) is 38.3 Å². The lowest BCUT2D eigenvalue weighted by Crippen LogP contribution is -2.38. The minimum Gasteiger partial charge on any atom is -0.380 e. The van der Waals surface area contributed by atoms with Crippen molar-refractivity contribution in [2.75, 3.05) is 18.4 Å². The third-order valence-electron chi connectivity index (χ3n) is 5.02. The van der Waals surface area contributed by atoms with Crippen molar-refractivity contribution in [1.82, 2.24) is 15.3 Å². The zero-order valence-electron chi connectivity index (χ0n) is 13.3. The van der Waals surface area contributed by atoms with E-state index >= 15 is 0 Å². The van der Waals surface area contributed by atoms with Crippen LogP contribution in [0.15, 0.2) is 18.5 Å². The first-order valence-electron chi connectivity index (χ1n) is 8.15. The topological polar surface area (TPSA) is 69.8 Å². The number of halogens is 1. The molecule has 6 heteroatoms. The molecule has 1 unspecified atom stereocenters. The summed E-state index contributed by atoms with van der Waals surface area (Å²) in [7, 11) is 0. The molecule has 2 aromatic heterocycles. The van der Waals surface area contributed by atoms with Crippen molar-refractivity contribution in [3.05, 3.63) is 24.0 Å². The zero-order chi connectivity index (χ0) is 15.2. The van der Waals surface area contributed by atoms with Gasteiger partial charge in [0, 0.05) is 41.6 Å². The SMILES string of the molecule is CC1(C(=O)c2c[nH]c3nccc(NC4CCCNC4)c23)CC1.Cl. The van der Waals surface area contributed by atoms with Crippen LogP contribution >= 0.6 is 12.4 Å². The van der Waals surface area contributed by atoms with Crippen LogP contribution in [0.1, 0.15) is 43.0 Å². The number of anilines is 1. The van der Waals surface area contributed by atoms with Crippen LogP contribution < -0.4 is 10.6 Å². The zero-order valence-corrected chi connectivity index (χ0v) is 14.1. The van der Waals surface area contributed by atoms with E-state index < -0.39 is 0 Å². The van der Waals surface area contributed by atoms with Crippen LogP contribution in [-0.2, 0) is 0 Å². The molecule has 0 radical (unpaired) electrons. The summed E-state index contributed by atoms with van der Waals surface area (Å²) in [6.45, 7) is 4.12. The highest BCUT2D eigenvalue weighted by atomic mass is 35.5. The smallest absolute Gasteiger partial charge is 0.171 e. The average Bonchev–Trinajstić information content (AvgIpc) is 3.14. The molecule has 1 aliphatic heterocycles. The van der Waals surface area contributed by atoms with Gasteiger partial charge < -0.3 is 15.6 Å². The number of hydrogen-bond donors (Lipinski definition) is 3. The molecular formula is C17H23ClN4O. The normalized spacial score (nSPS) is 22.4. The number of hydrogen-bond acceptors (Lipinski definition) is 4. The minimum atomic E-state index is -0.158. The first-order valence-corrected chi connectivity index (χ1v) is 8.15. The van der Waals surface area contributed by atoms with Gasteiger partial charge in [0.05, 0.1) is 5.39 Å². The fraction of sp³-hybridized carbons (Fsp3) is 0.529. The first-order chi connectivity index (χ1) is 10.7. The Bertz CT molecular complexity index is 716. The standard InChI is InChI=1S/C17H22N4O.ClH/c1-17(5-6-17)15(22)12-10-20-16-14(12)13(4-8-19-16)21-11-3-2-7-18-9-11;/h4,8,10-11,18H,2-3,5-7,9H2,1H3,(H2,19,20,21);1H. The van der Waals surface area contributed by atoms with Gasteiger partial charge in [0.25, 0.3) is 0 Å². The van der Waals surface area contributed by atoms with Gasteiger partial charge in [-0.3, -0.25) is 4.79 Å². The molecule has 0 bridgehead atoms. The highest BCUT2D eigenvalue weighted by Crippen LogP contribution is 2.48. The molecule has 1 saturated carbocycles. The van der Waals surface area contributed by atoms with Crippen molar-refractivity contribution in [2.24, 2.45) is 5.41 Å². The molecule has 1 saturated heterocycles. The van der Waals surface area contributed by atoms with Crippen molar-refractivity contribution in [3.8, 4) is 0 Å². The summed E-state index contributed by atoms with van der Waals surface area (Å²) in [6, 6.07) is 2.39. The third-order valence-corrected chi connectivity index (χ3v) is 5.02. The summed E-state index contributed by atoms with van der Waals surface area (Å²) < 4.78 is 0. The molecular weight excluding hydrogens is 312 g/mol. The Morgan fingerprint density at radius 2 is 2.26 bits per heavy atom. The summed E-state index contributed by atoms with van der Waals surface area (Å²) in [5.41, 5.74) is 2.44. The van der Waals surface area contributed by atoms with E-state index in [9.17, 15) is 4.79 Å². The van der Waals surface area contributed by atoms with Crippen molar-refractivity contribution in [3.63, 3.8) is 0 Å². The third kappa shape index (κ3) is 2.95. The number of fused-ring (bicyclic) bond motifs is 1. The Morgan fingerprint density at radius 3 is 2.96 bits per heavy atom. The van der Waals surface area contributed by atoms with Gasteiger partial charge >= 0.3 is 0 Å². The summed E-state index contributed by atoms with van der Waals surface area (Å²) in [5, 5.41) is 7.97. The molecule has 0 spiro atoms. The molecule has 5 nitrogen and oxygen atoms in total. The van der Waals surface area contributed by atoms with Crippen LogP contribution in [0.25, 0.3) is 11.0 Å². The van der Waals surface area contributed by atoms with Gasteiger partial charge in [-0.15, -0.1) is 12.4 Å². The highest BCUT2D eigenvalue weighted by Gasteiger charge is 2.45. The Morgan fingerprint density at radius 1 is 1.43 bits per heavy atom. The maximum Gasteiger partial charge on any atom is 0.171 e. The molecule has 1 aliphatic carbocycles. The summed E-state index contributed by atoms with van der Waals surface area (Å²) >= 11 is 0. The number of aromatic amines is 1. The lowest BCUT2D eigenvalue weighted by Gasteiger charge is -2.25. The molecule has 3 N–H and O–H groups in total. The van der Waals surface area contributed by atoms with E-state index in [1.54, 1.807) is 6.20 Å². The molecule has 2 aromatic rings. The molecule has 0 amide bonds. The van der Waals surface area contributed by atoms with E-state index in [0.29, 0.717) is 6.04 Å². The summed E-state index contributed by atoms with van der Waals surface area (Å²) in [5.74, 6) is 0.247. The molecule has 3 heterocycles. The number of nitrogens with one attached hydrogen (secondary N) is 3. The highest BCUT2D eigenvalue weighted by molar-refractivity contribution is 6.14. The largest absolute Gasteiger partial charge is 0.380 e. The van der Waals surface area contributed by atoms with Crippen LogP contribution in [0.4, 0.5) is 5.69 Å². The number of carbonyl (C=O) groups excluding carboxylic acids is 1. The van der Waals surface area contributed by atoms with Crippen LogP contribution in [0.3, 0.4) is 0 Å². The van der Waals surface area contributed by atoms with Gasteiger partial charge in [-0.2, -0.15) is 0 Å². The Hall–Kier alpha value is -1.59. The second-order valence-electron chi connectivity index (χ2n) is 6.86. The van der Waals surface area contributed by atoms with Gasteiger partial charge in [0.15, 0.2) is 5.78 Å². The van der Waals surface area contributed by atoms with Crippen LogP contribution in [-0.4, -0.2) is 34.9 Å². The number of nitrogens with zero attached hydrogens (tertiary/aromatic N) is 1. The van der Waals surface area contributed by atoms with Crippen molar-refractivity contribution >= 4 is 34.9 Å². The number of aromatic nitrogens is 2. The monoisotopic (exact) mass is 334 g/mol. The van der Waals surface area contributed by atoms with E-state index in [-0.39, 0.29) is 23.6 Å². The fourth-order valence-corrected chi connectivity index (χ4v) is 3.29. The Balaban J connectivity index is 0.00000156. The maximum absolute atomic E-state index is 12.8. The molecule has 124 valence electrons. The van der Waals surface area contributed by atoms with Gasteiger partial charge in [-0.25, -0.2) is 4.98 Å². The second-order valence-corrected chi connectivity index (χ2v) is 6.86. The van der Waals surface area contributed by atoms with Crippen LogP contribution in [0.5, 0.6) is 0 Å². The average molecular weight is 335 g/mol. The van der Waals surface area contributed by atoms with E-state index in [2.05, 4.69) is 27.5 Å². The Kier molecular flexibility index (Phi) is 4.34. The van der Waals surface area contributed by atoms with Crippen molar-refractivity contribution < 1.29 is 4.79 Å². The molecule has 0 aromatic carbocycles. The Labute approximate surface area is 142 Å². The van der Waals surface area contributed by atoms with E-state index in [0.717, 1.165) is 54.6 Å². The lowest BCUT2D eigenvalue weighted by molar-refractivity contribution is 0.0914. The van der Waals surface area contributed by atoms with Crippen LogP contribution in [0.2, 0.25) is 0 Å². The molecule has 2 aliphatic rings. The summed E-state index contributed by atoms with van der Waals surface area (Å²) in [6.07, 6.45) is 7.95. The van der Waals surface area contributed by atoms with Gasteiger partial charge in [0.2, 0.25) is 0 Å². The number of H-pyrrole nitrogens is 1. The number of Topliss-reactive ketones (excluding diaryl/α,β-unsaturated/α-hetero) is 1. The van der Waals surface area contributed by atoms with Gasteiger partial charge in [0.1, 0.15) is 5.65 Å². The van der Waals surface area contributed by atoms with Gasteiger partial charge in [-0.1, -0.05) is 6.92 Å². The second kappa shape index (κ2) is 6.13. The quantitative estimate of drug-likeness (QED) is 0.751. The fourth-order valence-electron chi connectivity index (χ4n) is 3.29. The molecule has 1 atom stereocenters. The minimum absolute atomic E-state index is 0. The number of piperidine rings is 1. The van der Waals surface area contributed by atoms with Crippen molar-refractivity contribution in [2.45, 2.75) is 38.6 Å². The predicted octanol–water partition coefficient (Wildman–Crippen LogP) is 3.13. The number of rotatable bonds is 4. The van der Waals surface area contributed by atoms with E-state index in [4.69, 9.17) is 0 Å². The number of pyridine rings is 1. The van der Waals surface area contributed by atoms with Crippen LogP contribution in [0, 0.1) is 5.41 Å². The predicted molar refractivity (Wildman–Crippen MR) is 94.5 cm³/mol. The maximum atomic E-state index is 12.8. The molecule has 2 fully saturated rings. The van der Waals surface area contributed by atoms with E-state index in [1.165, 1.54) is 6.42 Å². The number of carbonyl (C=O) groups is 1. The number of ketones is 1. The summed E-state index contributed by atoms with van der Waals surface area (Å²) in [4.78, 5) is 20.3. The molecule has 4 rings (SSSR count). The van der Waals surface area contributed by atoms with E-state index in [1.807, 2.05) is 12.3 Å². The molecule has 23 heavy (non-hydrogen) atoms. The first kappa shape index (κ1) is 16.3. The lowest BCUT2D eigenvalue weighted by atomic mass is 9.96.